The van der Waals surface area contributed by atoms with Crippen molar-refractivity contribution in [1.82, 2.24) is 4.98 Å². The maximum absolute atomic E-state index is 14.8. The van der Waals surface area contributed by atoms with Crippen LogP contribution >= 0.6 is 11.3 Å². The number of methoxy groups -OCH3 is 2. The Balaban J connectivity index is 1.46. The van der Waals surface area contributed by atoms with Crippen molar-refractivity contribution in [2.24, 2.45) is 0 Å². The Hall–Kier alpha value is -4.05. The number of thiazole rings is 1. The molecule has 0 saturated carbocycles. The molecule has 1 heterocycles. The first-order chi connectivity index (χ1) is 16.9. The van der Waals surface area contributed by atoms with Gasteiger partial charge in [-0.25, -0.2) is 18.2 Å². The Bertz CT molecular complexity index is 1380. The molecule has 0 aliphatic carbocycles. The number of ether oxygens (including phenoxy) is 3. The fourth-order valence-electron chi connectivity index (χ4n) is 3.16. The number of hydrogen-bond donors (Lipinski definition) is 1. The average molecular weight is 500 g/mol. The van der Waals surface area contributed by atoms with Crippen molar-refractivity contribution in [1.29, 1.82) is 0 Å². The highest BCUT2D eigenvalue weighted by atomic mass is 32.1. The molecule has 4 aromatic rings. The monoisotopic (exact) mass is 500 g/mol. The van der Waals surface area contributed by atoms with E-state index in [4.69, 9.17) is 14.2 Å². The van der Waals surface area contributed by atoms with Crippen LogP contribution in [0.3, 0.4) is 0 Å². The van der Waals surface area contributed by atoms with Crippen molar-refractivity contribution >= 4 is 22.9 Å². The van der Waals surface area contributed by atoms with Crippen LogP contribution in [0.5, 0.6) is 17.2 Å². The molecule has 4 rings (SSSR count). The number of nitrogens with one attached hydrogen (secondary N) is 1. The van der Waals surface area contributed by atoms with Gasteiger partial charge in [0.2, 0.25) is 0 Å². The summed E-state index contributed by atoms with van der Waals surface area (Å²) in [4.78, 5) is 16.9. The minimum absolute atomic E-state index is 0.0125. The lowest BCUT2D eigenvalue weighted by atomic mass is 10.2. The quantitative estimate of drug-likeness (QED) is 0.318. The van der Waals surface area contributed by atoms with Gasteiger partial charge in [0.15, 0.2) is 0 Å². The van der Waals surface area contributed by atoms with Crippen LogP contribution in [0.2, 0.25) is 0 Å². The fourth-order valence-corrected chi connectivity index (χ4v) is 3.99. The van der Waals surface area contributed by atoms with E-state index in [1.54, 1.807) is 18.2 Å². The first-order valence-electron chi connectivity index (χ1n) is 10.2. The van der Waals surface area contributed by atoms with Gasteiger partial charge in [0.05, 0.1) is 19.9 Å². The van der Waals surface area contributed by atoms with Gasteiger partial charge in [-0.1, -0.05) is 0 Å². The Labute approximate surface area is 202 Å². The normalized spacial score (nSPS) is 10.7. The number of amides is 1. The standard InChI is InChI=1S/C25H19F3N2O4S/c1-32-16-5-8-21(23(11-16)33-2)29-24(31)22-13-35-25(30-22)18-6-4-17(10-20(18)28)34-12-14-9-15(26)3-7-19(14)27/h3-11,13H,12H2,1-2H3,(H,29,31). The van der Waals surface area contributed by atoms with Gasteiger partial charge in [-0.05, 0) is 42.5 Å². The molecule has 10 heteroatoms. The number of carbonyl (C=O) groups excluding carboxylic acids is 1. The lowest BCUT2D eigenvalue weighted by Crippen LogP contribution is -2.13. The summed E-state index contributed by atoms with van der Waals surface area (Å²) in [6.07, 6.45) is 0. The molecule has 1 aromatic heterocycles. The average Bonchev–Trinajstić information content (AvgIpc) is 3.35. The summed E-state index contributed by atoms with van der Waals surface area (Å²) in [5.74, 6) is -1.23. The van der Waals surface area contributed by atoms with Crippen molar-refractivity contribution in [3.63, 3.8) is 0 Å². The minimum Gasteiger partial charge on any atom is -0.497 e. The van der Waals surface area contributed by atoms with Crippen molar-refractivity contribution < 1.29 is 32.2 Å². The second-order valence-electron chi connectivity index (χ2n) is 7.22. The van der Waals surface area contributed by atoms with Crippen molar-refractivity contribution in [2.75, 3.05) is 19.5 Å². The van der Waals surface area contributed by atoms with Crippen LogP contribution in [-0.2, 0) is 6.61 Å². The molecule has 3 aromatic carbocycles. The number of nitrogens with zero attached hydrogens (tertiary/aromatic N) is 1. The highest BCUT2D eigenvalue weighted by molar-refractivity contribution is 7.13. The van der Waals surface area contributed by atoms with Crippen molar-refractivity contribution in [2.45, 2.75) is 6.61 Å². The van der Waals surface area contributed by atoms with Crippen LogP contribution < -0.4 is 19.5 Å². The third-order valence-corrected chi connectivity index (χ3v) is 5.84. The topological polar surface area (TPSA) is 69.7 Å². The number of carbonyl (C=O) groups is 1. The van der Waals surface area contributed by atoms with Crippen LogP contribution in [0, 0.1) is 17.5 Å². The fraction of sp³-hybridized carbons (Fsp3) is 0.120. The summed E-state index contributed by atoms with van der Waals surface area (Å²) in [5, 5.41) is 4.51. The number of halogens is 3. The van der Waals surface area contributed by atoms with Crippen LogP contribution in [0.4, 0.5) is 18.9 Å². The molecule has 1 amide bonds. The van der Waals surface area contributed by atoms with Gasteiger partial charge in [-0.2, -0.15) is 0 Å². The van der Waals surface area contributed by atoms with Crippen LogP contribution in [0.1, 0.15) is 16.1 Å². The second-order valence-corrected chi connectivity index (χ2v) is 8.08. The van der Waals surface area contributed by atoms with Gasteiger partial charge < -0.3 is 19.5 Å². The minimum atomic E-state index is -0.639. The molecule has 0 aliphatic heterocycles. The first kappa shape index (κ1) is 24.1. The highest BCUT2D eigenvalue weighted by Crippen LogP contribution is 2.32. The van der Waals surface area contributed by atoms with E-state index in [0.29, 0.717) is 17.2 Å². The third-order valence-electron chi connectivity index (χ3n) is 4.97. The van der Waals surface area contributed by atoms with E-state index in [2.05, 4.69) is 10.3 Å². The lowest BCUT2D eigenvalue weighted by Gasteiger charge is -2.10. The number of rotatable bonds is 8. The van der Waals surface area contributed by atoms with Gasteiger partial charge in [0, 0.05) is 28.6 Å². The maximum atomic E-state index is 14.8. The lowest BCUT2D eigenvalue weighted by molar-refractivity contribution is 0.102. The smallest absolute Gasteiger partial charge is 0.275 e. The zero-order valence-electron chi connectivity index (χ0n) is 18.6. The number of anilines is 1. The molecule has 1 N–H and O–H groups in total. The Morgan fingerprint density at radius 1 is 0.943 bits per heavy atom. The molecule has 0 saturated heterocycles. The molecule has 35 heavy (non-hydrogen) atoms. The molecule has 0 bridgehead atoms. The van der Waals surface area contributed by atoms with E-state index in [-0.39, 0.29) is 34.2 Å². The van der Waals surface area contributed by atoms with Crippen LogP contribution in [0.25, 0.3) is 10.6 Å². The molecule has 0 atom stereocenters. The maximum Gasteiger partial charge on any atom is 0.275 e. The van der Waals surface area contributed by atoms with Gasteiger partial charge in [0.1, 0.15) is 52.0 Å². The molecule has 0 aliphatic rings. The van der Waals surface area contributed by atoms with Crippen LogP contribution in [-0.4, -0.2) is 25.1 Å². The number of aromatic nitrogens is 1. The molecule has 180 valence electrons. The van der Waals surface area contributed by atoms with E-state index in [1.807, 2.05) is 0 Å². The molecule has 0 spiro atoms. The largest absolute Gasteiger partial charge is 0.497 e. The summed E-state index contributed by atoms with van der Waals surface area (Å²) < 4.78 is 57.6. The van der Waals surface area contributed by atoms with Crippen molar-refractivity contribution in [3.8, 4) is 27.8 Å². The molecular weight excluding hydrogens is 481 g/mol. The van der Waals surface area contributed by atoms with E-state index in [1.165, 1.54) is 31.7 Å². The van der Waals surface area contributed by atoms with Crippen molar-refractivity contribution in [3.05, 3.63) is 88.7 Å². The summed E-state index contributed by atoms with van der Waals surface area (Å²) in [6.45, 7) is -0.265. The molecular formula is C25H19F3N2O4S. The predicted molar refractivity (Wildman–Crippen MR) is 126 cm³/mol. The summed E-state index contributed by atoms with van der Waals surface area (Å²) in [5.41, 5.74) is 0.707. The summed E-state index contributed by atoms with van der Waals surface area (Å²) in [6, 6.07) is 12.0. The zero-order chi connectivity index (χ0) is 24.9. The van der Waals surface area contributed by atoms with Gasteiger partial charge in [0.25, 0.3) is 5.91 Å². The number of hydrogen-bond acceptors (Lipinski definition) is 6. The van der Waals surface area contributed by atoms with E-state index >= 15 is 0 Å². The molecule has 6 nitrogen and oxygen atoms in total. The SMILES string of the molecule is COc1ccc(NC(=O)c2csc(-c3ccc(OCc4cc(F)ccc4F)cc3F)n2)c(OC)c1. The second kappa shape index (κ2) is 10.5. The predicted octanol–water partition coefficient (Wildman–Crippen LogP) is 6.08. The Morgan fingerprint density at radius 2 is 1.74 bits per heavy atom. The highest BCUT2D eigenvalue weighted by Gasteiger charge is 2.17. The first-order valence-corrected chi connectivity index (χ1v) is 11.1. The third kappa shape index (κ3) is 5.55. The summed E-state index contributed by atoms with van der Waals surface area (Å²) >= 11 is 1.10. The van der Waals surface area contributed by atoms with E-state index < -0.39 is 23.4 Å². The van der Waals surface area contributed by atoms with E-state index in [0.717, 1.165) is 35.6 Å². The summed E-state index contributed by atoms with van der Waals surface area (Å²) in [7, 11) is 2.99. The van der Waals surface area contributed by atoms with E-state index in [9.17, 15) is 18.0 Å². The zero-order valence-corrected chi connectivity index (χ0v) is 19.4. The molecule has 0 unspecified atom stereocenters. The number of benzene rings is 3. The molecule has 0 fully saturated rings. The Morgan fingerprint density at radius 3 is 2.49 bits per heavy atom. The van der Waals surface area contributed by atoms with Gasteiger partial charge in [-0.15, -0.1) is 11.3 Å². The van der Waals surface area contributed by atoms with Gasteiger partial charge >= 0.3 is 0 Å². The van der Waals surface area contributed by atoms with Crippen LogP contribution in [0.15, 0.2) is 60.0 Å². The Kier molecular flexibility index (Phi) is 7.21. The van der Waals surface area contributed by atoms with Gasteiger partial charge in [-0.3, -0.25) is 4.79 Å². The molecule has 0 radical (unpaired) electrons.